The molecule has 2 amide bonds. The third kappa shape index (κ3) is 3.04. The minimum Gasteiger partial charge on any atom is -0.352 e. The van der Waals surface area contributed by atoms with Gasteiger partial charge in [-0.05, 0) is 43.4 Å². The van der Waals surface area contributed by atoms with Gasteiger partial charge in [-0.1, -0.05) is 18.2 Å². The van der Waals surface area contributed by atoms with E-state index in [1.165, 1.54) is 4.68 Å². The zero-order valence-corrected chi connectivity index (χ0v) is 16.0. The number of rotatable bonds is 5. The van der Waals surface area contributed by atoms with E-state index in [9.17, 15) is 14.4 Å². The summed E-state index contributed by atoms with van der Waals surface area (Å²) in [6.45, 7) is 4.80. The fraction of sp³-hybridized carbons (Fsp3) is 0.400. The normalized spacial score (nSPS) is 15.5. The Morgan fingerprint density at radius 1 is 1.29 bits per heavy atom. The average molecular weight is 381 g/mol. The number of carbonyl (C=O) groups excluding carboxylic acids is 2. The minimum absolute atomic E-state index is 0.0153. The molecule has 3 aromatic rings. The number of fused-ring (bicyclic) bond motifs is 3. The van der Waals surface area contributed by atoms with E-state index in [1.54, 1.807) is 16.2 Å². The molecule has 2 aromatic heterocycles. The van der Waals surface area contributed by atoms with Gasteiger partial charge in [0, 0.05) is 19.5 Å². The van der Waals surface area contributed by atoms with Crippen molar-refractivity contribution >= 4 is 28.4 Å². The van der Waals surface area contributed by atoms with Crippen LogP contribution in [0.5, 0.6) is 0 Å². The van der Waals surface area contributed by atoms with Crippen molar-refractivity contribution in [3.8, 4) is 0 Å². The van der Waals surface area contributed by atoms with Crippen LogP contribution in [0, 0.1) is 6.92 Å². The van der Waals surface area contributed by atoms with Gasteiger partial charge in [-0.2, -0.15) is 0 Å². The van der Waals surface area contributed by atoms with Gasteiger partial charge in [0.2, 0.25) is 11.8 Å². The molecule has 8 heteroatoms. The first-order valence-corrected chi connectivity index (χ1v) is 9.52. The Labute approximate surface area is 161 Å². The second-order valence-corrected chi connectivity index (χ2v) is 7.21. The maximum atomic E-state index is 12.9. The smallest absolute Gasteiger partial charge is 0.350 e. The number of nitrogens with one attached hydrogen (secondary N) is 1. The first kappa shape index (κ1) is 18.2. The van der Waals surface area contributed by atoms with Gasteiger partial charge in [0.1, 0.15) is 6.04 Å². The van der Waals surface area contributed by atoms with Crippen molar-refractivity contribution in [3.63, 3.8) is 0 Å². The van der Waals surface area contributed by atoms with Crippen molar-refractivity contribution in [3.05, 3.63) is 46.4 Å². The van der Waals surface area contributed by atoms with E-state index in [1.807, 2.05) is 37.3 Å². The molecule has 0 aliphatic carbocycles. The molecule has 1 aliphatic rings. The van der Waals surface area contributed by atoms with Crippen LogP contribution in [0.3, 0.4) is 0 Å². The van der Waals surface area contributed by atoms with Gasteiger partial charge in [-0.3, -0.25) is 9.59 Å². The van der Waals surface area contributed by atoms with Gasteiger partial charge in [0.05, 0.1) is 12.1 Å². The summed E-state index contributed by atoms with van der Waals surface area (Å²) < 4.78 is 2.98. The van der Waals surface area contributed by atoms with Gasteiger partial charge < -0.3 is 10.2 Å². The molecule has 0 radical (unpaired) electrons. The number of aryl methyl sites for hydroxylation is 1. The van der Waals surface area contributed by atoms with Crippen molar-refractivity contribution in [2.45, 2.75) is 39.3 Å². The van der Waals surface area contributed by atoms with Crippen LogP contribution >= 0.6 is 0 Å². The van der Waals surface area contributed by atoms with Crippen molar-refractivity contribution in [2.24, 2.45) is 0 Å². The van der Waals surface area contributed by atoms with Gasteiger partial charge >= 0.3 is 5.69 Å². The number of carbonyl (C=O) groups is 2. The molecule has 1 saturated heterocycles. The maximum absolute atomic E-state index is 12.9. The molecule has 8 nitrogen and oxygen atoms in total. The largest absolute Gasteiger partial charge is 0.352 e. The maximum Gasteiger partial charge on any atom is 0.350 e. The lowest BCUT2D eigenvalue weighted by atomic mass is 10.1. The molecule has 4 rings (SSSR count). The molecule has 28 heavy (non-hydrogen) atoms. The Morgan fingerprint density at radius 3 is 2.82 bits per heavy atom. The monoisotopic (exact) mass is 381 g/mol. The van der Waals surface area contributed by atoms with Crippen molar-refractivity contribution in [1.29, 1.82) is 0 Å². The summed E-state index contributed by atoms with van der Waals surface area (Å²) in [7, 11) is 0. The molecule has 1 N–H and O–H groups in total. The molecule has 1 aliphatic heterocycles. The van der Waals surface area contributed by atoms with E-state index in [0.717, 1.165) is 22.9 Å². The molecule has 0 saturated carbocycles. The summed E-state index contributed by atoms with van der Waals surface area (Å²) >= 11 is 0. The highest BCUT2D eigenvalue weighted by Crippen LogP contribution is 2.18. The molecular formula is C20H23N5O3. The molecule has 1 aromatic carbocycles. The van der Waals surface area contributed by atoms with Gasteiger partial charge in [-0.25, -0.2) is 13.9 Å². The summed E-state index contributed by atoms with van der Waals surface area (Å²) in [5, 5.41) is 8.23. The molecule has 1 fully saturated rings. The second-order valence-electron chi connectivity index (χ2n) is 7.21. The number of amides is 2. The van der Waals surface area contributed by atoms with Gasteiger partial charge in [0.15, 0.2) is 5.65 Å². The van der Waals surface area contributed by atoms with E-state index in [-0.39, 0.29) is 30.6 Å². The van der Waals surface area contributed by atoms with E-state index >= 15 is 0 Å². The Morgan fingerprint density at radius 2 is 2.07 bits per heavy atom. The fourth-order valence-corrected chi connectivity index (χ4v) is 3.79. The molecule has 1 atom stereocenters. The average Bonchev–Trinajstić information content (AvgIpc) is 3.25. The molecule has 0 spiro atoms. The van der Waals surface area contributed by atoms with Crippen molar-refractivity contribution in [1.82, 2.24) is 24.4 Å². The Kier molecular flexibility index (Phi) is 4.62. The zero-order chi connectivity index (χ0) is 19.8. The predicted octanol–water partition coefficient (Wildman–Crippen LogP) is 1.08. The fourth-order valence-electron chi connectivity index (χ4n) is 3.79. The summed E-state index contributed by atoms with van der Waals surface area (Å²) in [4.78, 5) is 38.6. The lowest BCUT2D eigenvalue weighted by Crippen LogP contribution is -2.46. The number of likely N-dealkylation sites (tertiary alicyclic amines) is 1. The van der Waals surface area contributed by atoms with E-state index in [2.05, 4.69) is 10.4 Å². The van der Waals surface area contributed by atoms with Crippen LogP contribution in [0.2, 0.25) is 0 Å². The van der Waals surface area contributed by atoms with Crippen LogP contribution in [0.15, 0.2) is 35.1 Å². The van der Waals surface area contributed by atoms with Crippen molar-refractivity contribution < 1.29 is 9.59 Å². The SMILES string of the molecule is Cc1cc2ccccc2n2c(=O)n(CCNC(=O)C(C)N3CCCC3=O)nc12. The molecule has 3 heterocycles. The third-order valence-electron chi connectivity index (χ3n) is 5.32. The number of para-hydroxylation sites is 1. The lowest BCUT2D eigenvalue weighted by Gasteiger charge is -2.23. The Hall–Kier alpha value is -3.16. The molecule has 146 valence electrons. The highest BCUT2D eigenvalue weighted by Gasteiger charge is 2.29. The van der Waals surface area contributed by atoms with Crippen molar-refractivity contribution in [2.75, 3.05) is 13.1 Å². The van der Waals surface area contributed by atoms with Crippen LogP contribution in [-0.4, -0.2) is 50.0 Å². The minimum atomic E-state index is -0.501. The van der Waals surface area contributed by atoms with E-state index < -0.39 is 6.04 Å². The van der Waals surface area contributed by atoms with Crippen LogP contribution in [0.25, 0.3) is 16.6 Å². The van der Waals surface area contributed by atoms with E-state index in [0.29, 0.717) is 18.6 Å². The molecule has 0 bridgehead atoms. The first-order valence-electron chi connectivity index (χ1n) is 9.52. The van der Waals surface area contributed by atoms with Crippen LogP contribution in [-0.2, 0) is 16.1 Å². The second kappa shape index (κ2) is 7.10. The number of nitrogens with zero attached hydrogens (tertiary/aromatic N) is 4. The lowest BCUT2D eigenvalue weighted by molar-refractivity contribution is -0.136. The van der Waals surface area contributed by atoms with Gasteiger partial charge in [0.25, 0.3) is 0 Å². The predicted molar refractivity (Wildman–Crippen MR) is 105 cm³/mol. The summed E-state index contributed by atoms with van der Waals surface area (Å²) in [6.07, 6.45) is 1.29. The number of hydrogen-bond acceptors (Lipinski definition) is 4. The Bertz CT molecular complexity index is 1130. The summed E-state index contributed by atoms with van der Waals surface area (Å²) in [6, 6.07) is 9.20. The topological polar surface area (TPSA) is 88.7 Å². The number of pyridine rings is 1. The highest BCUT2D eigenvalue weighted by atomic mass is 16.2. The van der Waals surface area contributed by atoms with Gasteiger partial charge in [-0.15, -0.1) is 5.10 Å². The van der Waals surface area contributed by atoms with E-state index in [4.69, 9.17) is 0 Å². The number of hydrogen-bond donors (Lipinski definition) is 1. The Balaban J connectivity index is 1.51. The zero-order valence-electron chi connectivity index (χ0n) is 16.0. The molecule has 1 unspecified atom stereocenters. The highest BCUT2D eigenvalue weighted by molar-refractivity contribution is 5.88. The quantitative estimate of drug-likeness (QED) is 0.716. The summed E-state index contributed by atoms with van der Waals surface area (Å²) in [5.74, 6) is -0.199. The van der Waals surface area contributed by atoms with Crippen LogP contribution in [0.4, 0.5) is 0 Å². The summed E-state index contributed by atoms with van der Waals surface area (Å²) in [5.41, 5.74) is 2.11. The first-order chi connectivity index (χ1) is 13.5. The number of benzene rings is 1. The standard InChI is InChI=1S/C20H23N5O3/c1-13-12-15-6-3-4-7-16(15)25-18(13)22-24(20(25)28)11-9-21-19(27)14(2)23-10-5-8-17(23)26/h3-4,6-7,12,14H,5,8-11H2,1-2H3,(H,21,27). The molecular weight excluding hydrogens is 358 g/mol. The van der Waals surface area contributed by atoms with Crippen LogP contribution < -0.4 is 11.0 Å². The van der Waals surface area contributed by atoms with Crippen LogP contribution in [0.1, 0.15) is 25.3 Å². The number of aromatic nitrogens is 3. The third-order valence-corrected chi connectivity index (χ3v) is 5.32.